The van der Waals surface area contributed by atoms with Crippen LogP contribution in [0.4, 0.5) is 4.39 Å². The summed E-state index contributed by atoms with van der Waals surface area (Å²) < 4.78 is 24.9. The Morgan fingerprint density at radius 1 is 1.21 bits per heavy atom. The molecule has 0 fully saturated rings. The van der Waals surface area contributed by atoms with Crippen molar-refractivity contribution in [3.05, 3.63) is 57.8 Å². The van der Waals surface area contributed by atoms with Gasteiger partial charge in [-0.15, -0.1) is 0 Å². The predicted octanol–water partition coefficient (Wildman–Crippen LogP) is 3.40. The number of ether oxygens (including phenoxy) is 2. The highest BCUT2D eigenvalue weighted by Crippen LogP contribution is 2.42. The molecular weight excluding hydrogens is 315 g/mol. The molecule has 1 aliphatic heterocycles. The standard InChI is InChI=1S/C14H10BrFO3/c15-10-5-8(6-12-14(10)19-7-18-12)13(17)9-3-1-2-4-11(9)16/h1-6,13,17H,7H2. The predicted molar refractivity (Wildman–Crippen MR) is 70.7 cm³/mol. The van der Waals surface area contributed by atoms with Crippen molar-refractivity contribution in [1.29, 1.82) is 0 Å². The van der Waals surface area contributed by atoms with Gasteiger partial charge in [0.1, 0.15) is 11.9 Å². The zero-order chi connectivity index (χ0) is 13.4. The second kappa shape index (κ2) is 4.83. The van der Waals surface area contributed by atoms with E-state index in [1.54, 1.807) is 30.3 Å². The first-order valence-electron chi connectivity index (χ1n) is 5.68. The minimum atomic E-state index is -1.05. The van der Waals surface area contributed by atoms with Gasteiger partial charge in [-0.3, -0.25) is 0 Å². The number of aliphatic hydroxyl groups excluding tert-OH is 1. The first kappa shape index (κ1) is 12.4. The normalized spacial score (nSPS) is 14.5. The smallest absolute Gasteiger partial charge is 0.231 e. The van der Waals surface area contributed by atoms with Gasteiger partial charge < -0.3 is 14.6 Å². The van der Waals surface area contributed by atoms with E-state index >= 15 is 0 Å². The summed E-state index contributed by atoms with van der Waals surface area (Å²) in [6, 6.07) is 9.50. The van der Waals surface area contributed by atoms with E-state index in [0.29, 0.717) is 21.5 Å². The van der Waals surface area contributed by atoms with Crippen LogP contribution in [0.1, 0.15) is 17.2 Å². The minimum absolute atomic E-state index is 0.146. The number of hydrogen-bond acceptors (Lipinski definition) is 3. The average Bonchev–Trinajstić information content (AvgIpc) is 2.87. The third-order valence-corrected chi connectivity index (χ3v) is 3.55. The Hall–Kier alpha value is -1.59. The number of hydrogen-bond donors (Lipinski definition) is 1. The third-order valence-electron chi connectivity index (χ3n) is 2.97. The highest BCUT2D eigenvalue weighted by atomic mass is 79.9. The molecule has 0 aromatic heterocycles. The molecular formula is C14H10BrFO3. The van der Waals surface area contributed by atoms with E-state index in [1.165, 1.54) is 6.07 Å². The van der Waals surface area contributed by atoms with Crippen LogP contribution in [0.3, 0.4) is 0 Å². The molecule has 0 saturated carbocycles. The average molecular weight is 325 g/mol. The number of aliphatic hydroxyl groups is 1. The van der Waals surface area contributed by atoms with Gasteiger partial charge in [-0.05, 0) is 39.7 Å². The Kier molecular flexibility index (Phi) is 3.16. The fraction of sp³-hybridized carbons (Fsp3) is 0.143. The van der Waals surface area contributed by atoms with Gasteiger partial charge in [0.2, 0.25) is 6.79 Å². The summed E-state index contributed by atoms with van der Waals surface area (Å²) in [5.74, 6) is 0.702. The Bertz CT molecular complexity index is 630. The molecule has 5 heteroatoms. The van der Waals surface area contributed by atoms with Crippen LogP contribution in [-0.2, 0) is 0 Å². The van der Waals surface area contributed by atoms with Gasteiger partial charge in [-0.25, -0.2) is 4.39 Å². The lowest BCUT2D eigenvalue weighted by Gasteiger charge is -2.13. The Labute approximate surface area is 117 Å². The molecule has 98 valence electrons. The van der Waals surface area contributed by atoms with Gasteiger partial charge in [-0.1, -0.05) is 18.2 Å². The number of halogens is 2. The van der Waals surface area contributed by atoms with E-state index in [0.717, 1.165) is 0 Å². The van der Waals surface area contributed by atoms with Crippen molar-refractivity contribution in [3.63, 3.8) is 0 Å². The van der Waals surface area contributed by atoms with E-state index in [4.69, 9.17) is 9.47 Å². The van der Waals surface area contributed by atoms with E-state index in [1.807, 2.05) is 0 Å². The summed E-state index contributed by atoms with van der Waals surface area (Å²) in [5, 5.41) is 10.3. The van der Waals surface area contributed by atoms with Gasteiger partial charge >= 0.3 is 0 Å². The molecule has 2 aromatic rings. The topological polar surface area (TPSA) is 38.7 Å². The lowest BCUT2D eigenvalue weighted by atomic mass is 10.0. The van der Waals surface area contributed by atoms with Crippen LogP contribution >= 0.6 is 15.9 Å². The Morgan fingerprint density at radius 2 is 2.00 bits per heavy atom. The molecule has 0 bridgehead atoms. The fourth-order valence-electron chi connectivity index (χ4n) is 2.02. The van der Waals surface area contributed by atoms with Crippen molar-refractivity contribution in [2.24, 2.45) is 0 Å². The number of benzene rings is 2. The molecule has 1 heterocycles. The molecule has 1 N–H and O–H groups in total. The first-order chi connectivity index (χ1) is 9.16. The van der Waals surface area contributed by atoms with Crippen LogP contribution < -0.4 is 9.47 Å². The second-order valence-corrected chi connectivity index (χ2v) is 5.01. The molecule has 0 spiro atoms. The lowest BCUT2D eigenvalue weighted by Crippen LogP contribution is -2.02. The molecule has 0 aliphatic carbocycles. The molecule has 0 radical (unpaired) electrons. The molecule has 2 aromatic carbocycles. The van der Waals surface area contributed by atoms with E-state index in [9.17, 15) is 9.50 Å². The number of rotatable bonds is 2. The van der Waals surface area contributed by atoms with Gasteiger partial charge in [0, 0.05) is 5.56 Å². The van der Waals surface area contributed by atoms with Crippen molar-refractivity contribution >= 4 is 15.9 Å². The number of fused-ring (bicyclic) bond motifs is 1. The van der Waals surface area contributed by atoms with Crippen LogP contribution in [0.15, 0.2) is 40.9 Å². The molecule has 1 aliphatic rings. The van der Waals surface area contributed by atoms with E-state index < -0.39 is 11.9 Å². The van der Waals surface area contributed by atoms with Gasteiger partial charge in [0.25, 0.3) is 0 Å². The SMILES string of the molecule is OC(c1cc(Br)c2c(c1)OCO2)c1ccccc1F. The summed E-state index contributed by atoms with van der Waals surface area (Å²) in [4.78, 5) is 0. The minimum Gasteiger partial charge on any atom is -0.454 e. The van der Waals surface area contributed by atoms with Crippen molar-refractivity contribution in [1.82, 2.24) is 0 Å². The molecule has 1 unspecified atom stereocenters. The molecule has 0 amide bonds. The van der Waals surface area contributed by atoms with Crippen LogP contribution in [-0.4, -0.2) is 11.9 Å². The zero-order valence-electron chi connectivity index (χ0n) is 9.77. The van der Waals surface area contributed by atoms with E-state index in [-0.39, 0.29) is 12.4 Å². The summed E-state index contributed by atoms with van der Waals surface area (Å²) in [7, 11) is 0. The molecule has 1 atom stereocenters. The summed E-state index contributed by atoms with van der Waals surface area (Å²) in [5.41, 5.74) is 0.773. The van der Waals surface area contributed by atoms with Gasteiger partial charge in [-0.2, -0.15) is 0 Å². The lowest BCUT2D eigenvalue weighted by molar-refractivity contribution is 0.173. The monoisotopic (exact) mass is 324 g/mol. The summed E-state index contributed by atoms with van der Waals surface area (Å²) >= 11 is 3.35. The van der Waals surface area contributed by atoms with Crippen LogP contribution in [0.5, 0.6) is 11.5 Å². The van der Waals surface area contributed by atoms with Crippen molar-refractivity contribution in [2.45, 2.75) is 6.10 Å². The van der Waals surface area contributed by atoms with Crippen molar-refractivity contribution < 1.29 is 19.0 Å². The first-order valence-corrected chi connectivity index (χ1v) is 6.47. The highest BCUT2D eigenvalue weighted by Gasteiger charge is 2.22. The fourth-order valence-corrected chi connectivity index (χ4v) is 2.60. The Balaban J connectivity index is 2.03. The quantitative estimate of drug-likeness (QED) is 0.920. The maximum Gasteiger partial charge on any atom is 0.231 e. The van der Waals surface area contributed by atoms with Crippen LogP contribution in [0, 0.1) is 5.82 Å². The Morgan fingerprint density at radius 3 is 2.79 bits per heavy atom. The molecule has 3 rings (SSSR count). The maximum absolute atomic E-state index is 13.7. The third kappa shape index (κ3) is 2.19. The zero-order valence-corrected chi connectivity index (χ0v) is 11.4. The maximum atomic E-state index is 13.7. The van der Waals surface area contributed by atoms with Crippen molar-refractivity contribution in [3.8, 4) is 11.5 Å². The molecule has 0 saturated heterocycles. The van der Waals surface area contributed by atoms with Crippen LogP contribution in [0.2, 0.25) is 0 Å². The summed E-state index contributed by atoms with van der Waals surface area (Å²) in [6.07, 6.45) is -1.05. The van der Waals surface area contributed by atoms with Crippen LogP contribution in [0.25, 0.3) is 0 Å². The van der Waals surface area contributed by atoms with Gasteiger partial charge in [0.05, 0.1) is 4.47 Å². The largest absolute Gasteiger partial charge is 0.454 e. The summed E-state index contributed by atoms with van der Waals surface area (Å²) in [6.45, 7) is 0.146. The van der Waals surface area contributed by atoms with Gasteiger partial charge in [0.15, 0.2) is 11.5 Å². The molecule has 19 heavy (non-hydrogen) atoms. The second-order valence-electron chi connectivity index (χ2n) is 4.16. The molecule has 3 nitrogen and oxygen atoms in total. The van der Waals surface area contributed by atoms with E-state index in [2.05, 4.69) is 15.9 Å². The highest BCUT2D eigenvalue weighted by molar-refractivity contribution is 9.10. The van der Waals surface area contributed by atoms with Crippen molar-refractivity contribution in [2.75, 3.05) is 6.79 Å².